The number of anilines is 1. The summed E-state index contributed by atoms with van der Waals surface area (Å²) < 4.78 is 53.1. The zero-order chi connectivity index (χ0) is 25.1. The molecular formula is C23H23FN2O6S2. The lowest BCUT2D eigenvalue weighted by molar-refractivity contribution is 0.00645. The molecule has 0 saturated heterocycles. The summed E-state index contributed by atoms with van der Waals surface area (Å²) >= 11 is 0.932. The van der Waals surface area contributed by atoms with Gasteiger partial charge in [-0.05, 0) is 56.7 Å². The van der Waals surface area contributed by atoms with E-state index in [2.05, 4.69) is 4.98 Å². The Labute approximate surface area is 201 Å². The number of esters is 1. The number of sulfonamides is 1. The van der Waals surface area contributed by atoms with E-state index in [4.69, 9.17) is 9.47 Å². The third-order valence-electron chi connectivity index (χ3n) is 4.54. The molecule has 11 heteroatoms. The molecule has 0 atom stereocenters. The fraction of sp³-hybridized carbons (Fsp3) is 0.261. The molecule has 0 bridgehead atoms. The summed E-state index contributed by atoms with van der Waals surface area (Å²) in [6.45, 7) is 4.86. The second-order valence-electron chi connectivity index (χ2n) is 8.17. The monoisotopic (exact) mass is 506 g/mol. The number of hydrogen-bond donors (Lipinski definition) is 0. The number of rotatable bonds is 8. The average Bonchev–Trinajstić information content (AvgIpc) is 3.26. The van der Waals surface area contributed by atoms with Crippen molar-refractivity contribution in [2.45, 2.75) is 37.8 Å². The molecule has 0 aliphatic heterocycles. The molecule has 0 fully saturated rings. The van der Waals surface area contributed by atoms with Crippen molar-refractivity contribution < 1.29 is 31.9 Å². The van der Waals surface area contributed by atoms with Gasteiger partial charge in [0, 0.05) is 0 Å². The van der Waals surface area contributed by atoms with E-state index < -0.39 is 27.4 Å². The van der Waals surface area contributed by atoms with Crippen molar-refractivity contribution in [1.82, 2.24) is 4.98 Å². The minimum atomic E-state index is -4.38. The van der Waals surface area contributed by atoms with Gasteiger partial charge in [0.05, 0.1) is 29.6 Å². The summed E-state index contributed by atoms with van der Waals surface area (Å²) in [5.74, 6) is -1.18. The van der Waals surface area contributed by atoms with Crippen LogP contribution in [-0.4, -0.2) is 38.4 Å². The zero-order valence-corrected chi connectivity index (χ0v) is 20.6. The van der Waals surface area contributed by atoms with Gasteiger partial charge < -0.3 is 9.47 Å². The minimum absolute atomic E-state index is 0.0185. The molecule has 8 nitrogen and oxygen atoms in total. The molecule has 2 aromatic carbocycles. The molecule has 180 valence electrons. The van der Waals surface area contributed by atoms with Crippen LogP contribution < -0.4 is 9.04 Å². The number of carbonyl (C=O) groups excluding carboxylic acids is 2. The molecule has 1 heterocycles. The Balaban J connectivity index is 2.12. The molecule has 0 amide bonds. The Bertz CT molecular complexity index is 1300. The van der Waals surface area contributed by atoms with Crippen LogP contribution in [0.1, 0.15) is 47.2 Å². The van der Waals surface area contributed by atoms with Gasteiger partial charge in [-0.3, -0.25) is 9.10 Å². The van der Waals surface area contributed by atoms with Crippen molar-refractivity contribution in [3.05, 3.63) is 70.6 Å². The number of carbonyl (C=O) groups is 2. The van der Waals surface area contributed by atoms with Crippen LogP contribution in [0, 0.1) is 5.82 Å². The van der Waals surface area contributed by atoms with Crippen LogP contribution in [0.25, 0.3) is 0 Å². The van der Waals surface area contributed by atoms with Gasteiger partial charge in [-0.1, -0.05) is 12.1 Å². The van der Waals surface area contributed by atoms with Crippen molar-refractivity contribution in [2.24, 2.45) is 0 Å². The highest BCUT2D eigenvalue weighted by atomic mass is 32.2. The van der Waals surface area contributed by atoms with E-state index >= 15 is 0 Å². The third kappa shape index (κ3) is 5.60. The van der Waals surface area contributed by atoms with Crippen LogP contribution in [-0.2, 0) is 21.3 Å². The first kappa shape index (κ1) is 25.3. The van der Waals surface area contributed by atoms with E-state index in [9.17, 15) is 22.4 Å². The van der Waals surface area contributed by atoms with Crippen molar-refractivity contribution in [3.63, 3.8) is 0 Å². The molecule has 0 spiro atoms. The third-order valence-corrected chi connectivity index (χ3v) is 7.24. The minimum Gasteiger partial charge on any atom is -0.497 e. The van der Waals surface area contributed by atoms with Crippen molar-refractivity contribution in [1.29, 1.82) is 0 Å². The highest BCUT2D eigenvalue weighted by molar-refractivity contribution is 7.93. The van der Waals surface area contributed by atoms with E-state index in [1.165, 1.54) is 12.6 Å². The molecule has 0 aliphatic carbocycles. The van der Waals surface area contributed by atoms with Crippen LogP contribution in [0.2, 0.25) is 0 Å². The largest absolute Gasteiger partial charge is 0.497 e. The first-order valence-corrected chi connectivity index (χ1v) is 12.4. The molecule has 34 heavy (non-hydrogen) atoms. The fourth-order valence-corrected chi connectivity index (χ4v) is 5.42. The maximum atomic E-state index is 14.3. The van der Waals surface area contributed by atoms with Gasteiger partial charge in [-0.2, -0.15) is 0 Å². The van der Waals surface area contributed by atoms with Gasteiger partial charge in [-0.25, -0.2) is 22.6 Å². The van der Waals surface area contributed by atoms with Crippen molar-refractivity contribution in [3.8, 4) is 5.75 Å². The van der Waals surface area contributed by atoms with Gasteiger partial charge in [0.2, 0.25) is 0 Å². The van der Waals surface area contributed by atoms with Crippen LogP contribution in [0.5, 0.6) is 5.75 Å². The zero-order valence-electron chi connectivity index (χ0n) is 18.9. The number of methoxy groups -OCH3 is 1. The lowest BCUT2D eigenvalue weighted by Crippen LogP contribution is -2.32. The number of halogens is 1. The molecule has 3 rings (SSSR count). The number of benzene rings is 2. The van der Waals surface area contributed by atoms with Gasteiger partial charge in [0.15, 0.2) is 12.0 Å². The molecule has 0 radical (unpaired) electrons. The van der Waals surface area contributed by atoms with Crippen LogP contribution in [0.15, 0.2) is 52.9 Å². The summed E-state index contributed by atoms with van der Waals surface area (Å²) in [5.41, 5.74) is 0.639. The first-order valence-electron chi connectivity index (χ1n) is 10.0. The topological polar surface area (TPSA) is 103 Å². The van der Waals surface area contributed by atoms with Gasteiger partial charge in [0.25, 0.3) is 10.0 Å². The number of aromatic nitrogens is 1. The average molecular weight is 507 g/mol. The van der Waals surface area contributed by atoms with Gasteiger partial charge >= 0.3 is 5.97 Å². The van der Waals surface area contributed by atoms with E-state index in [1.807, 2.05) is 0 Å². The SMILES string of the molecule is COc1ccc(CN(c2scnc2C(=O)OC(C)(C)C)S(=O)(=O)c2ccc(C=O)c(F)c2)cc1. The number of ether oxygens (including phenoxy) is 2. The van der Waals surface area contributed by atoms with Gasteiger partial charge in [-0.15, -0.1) is 11.3 Å². The van der Waals surface area contributed by atoms with Crippen LogP contribution in [0.3, 0.4) is 0 Å². The highest BCUT2D eigenvalue weighted by Crippen LogP contribution is 2.34. The molecular weight excluding hydrogens is 483 g/mol. The Morgan fingerprint density at radius 1 is 1.18 bits per heavy atom. The van der Waals surface area contributed by atoms with Crippen molar-refractivity contribution in [2.75, 3.05) is 11.4 Å². The van der Waals surface area contributed by atoms with E-state index in [1.54, 1.807) is 45.0 Å². The second-order valence-corrected chi connectivity index (χ2v) is 10.9. The van der Waals surface area contributed by atoms with Crippen LogP contribution >= 0.6 is 11.3 Å². The molecule has 0 N–H and O–H groups in total. The van der Waals surface area contributed by atoms with E-state index in [0.29, 0.717) is 17.6 Å². The normalized spacial score (nSPS) is 11.7. The van der Waals surface area contributed by atoms with Crippen molar-refractivity contribution >= 4 is 38.6 Å². The summed E-state index contributed by atoms with van der Waals surface area (Å²) in [5, 5.41) is 0.0185. The molecule has 1 aromatic heterocycles. The first-order chi connectivity index (χ1) is 16.0. The summed E-state index contributed by atoms with van der Waals surface area (Å²) in [7, 11) is -2.87. The summed E-state index contributed by atoms with van der Waals surface area (Å²) in [4.78, 5) is 27.4. The standard InChI is InChI=1S/C23H23FN2O6S2/c1-23(2,3)32-22(28)20-21(33-14-25-20)26(12-15-5-8-17(31-4)9-6-15)34(29,30)18-10-7-16(13-27)19(24)11-18/h5-11,13-14H,12H2,1-4H3. The number of nitrogens with zero attached hydrogens (tertiary/aromatic N) is 2. The van der Waals surface area contributed by atoms with Crippen LogP contribution in [0.4, 0.5) is 9.39 Å². The lowest BCUT2D eigenvalue weighted by Gasteiger charge is -2.25. The predicted molar refractivity (Wildman–Crippen MR) is 125 cm³/mol. The smallest absolute Gasteiger partial charge is 0.360 e. The molecule has 0 saturated carbocycles. The second kappa shape index (κ2) is 9.90. The predicted octanol–water partition coefficient (Wildman–Crippen LogP) is 4.45. The van der Waals surface area contributed by atoms with E-state index in [-0.39, 0.29) is 27.7 Å². The molecule has 0 aliphatic rings. The Morgan fingerprint density at radius 2 is 1.85 bits per heavy atom. The number of aldehydes is 1. The fourth-order valence-electron chi connectivity index (χ4n) is 2.94. The lowest BCUT2D eigenvalue weighted by atomic mass is 10.2. The maximum Gasteiger partial charge on any atom is 0.360 e. The quantitative estimate of drug-likeness (QED) is 0.328. The summed E-state index contributed by atoms with van der Waals surface area (Å²) in [6.07, 6.45) is 0.296. The van der Waals surface area contributed by atoms with Gasteiger partial charge in [0.1, 0.15) is 22.2 Å². The number of hydrogen-bond acceptors (Lipinski definition) is 8. The Kier molecular flexibility index (Phi) is 7.37. The van der Waals surface area contributed by atoms with E-state index in [0.717, 1.165) is 33.8 Å². The molecule has 3 aromatic rings. The number of thiazole rings is 1. The summed E-state index contributed by atoms with van der Waals surface area (Å²) in [6, 6.07) is 9.67. The molecule has 0 unspecified atom stereocenters. The maximum absolute atomic E-state index is 14.3. The highest BCUT2D eigenvalue weighted by Gasteiger charge is 2.33. The Morgan fingerprint density at radius 3 is 2.41 bits per heavy atom. The Hall–Kier alpha value is -3.31.